The molecule has 0 aliphatic carbocycles. The molecule has 4 heteroatoms. The number of nitrogens with zero attached hydrogens (tertiary/aromatic N) is 1. The first-order valence-electron chi connectivity index (χ1n) is 5.61. The van der Waals surface area contributed by atoms with Crippen LogP contribution >= 0.6 is 0 Å². The molecule has 0 aliphatic heterocycles. The smallest absolute Gasteiger partial charge is 0.170 e. The zero-order valence-electron chi connectivity index (χ0n) is 10.1. The third kappa shape index (κ3) is 2.31. The van der Waals surface area contributed by atoms with Crippen molar-refractivity contribution in [2.45, 2.75) is 19.9 Å². The Hall–Kier alpha value is -1.81. The van der Waals surface area contributed by atoms with Crippen LogP contribution < -0.4 is 10.5 Å². The van der Waals surface area contributed by atoms with Crippen LogP contribution in [0.25, 0.3) is 11.3 Å². The molecule has 0 saturated carbocycles. The van der Waals surface area contributed by atoms with Gasteiger partial charge in [-0.05, 0) is 24.1 Å². The number of rotatable bonds is 4. The molecular formula is C13H16N2O2. The summed E-state index contributed by atoms with van der Waals surface area (Å²) in [6.45, 7) is 2.48. The molecule has 2 N–H and O–H groups in total. The number of hydrogen-bond acceptors (Lipinski definition) is 4. The monoisotopic (exact) mass is 232 g/mol. The molecular weight excluding hydrogens is 216 g/mol. The number of methoxy groups -OCH3 is 1. The van der Waals surface area contributed by atoms with Crippen molar-refractivity contribution >= 4 is 0 Å². The number of aromatic nitrogens is 1. The highest BCUT2D eigenvalue weighted by molar-refractivity contribution is 5.66. The van der Waals surface area contributed by atoms with E-state index in [0.29, 0.717) is 12.3 Å². The van der Waals surface area contributed by atoms with Crippen molar-refractivity contribution < 1.29 is 9.26 Å². The predicted octanol–water partition coefficient (Wildman–Crippen LogP) is 2.37. The van der Waals surface area contributed by atoms with Crippen LogP contribution in [0, 0.1) is 0 Å². The van der Waals surface area contributed by atoms with Crippen LogP contribution in [-0.2, 0) is 13.0 Å². The van der Waals surface area contributed by atoms with E-state index in [1.54, 1.807) is 7.11 Å². The molecule has 90 valence electrons. The van der Waals surface area contributed by atoms with Gasteiger partial charge in [0.15, 0.2) is 5.76 Å². The predicted molar refractivity (Wildman–Crippen MR) is 65.8 cm³/mol. The fourth-order valence-corrected chi connectivity index (χ4v) is 1.70. The fourth-order valence-electron chi connectivity index (χ4n) is 1.70. The molecule has 4 nitrogen and oxygen atoms in total. The Kier molecular flexibility index (Phi) is 3.44. The van der Waals surface area contributed by atoms with E-state index in [9.17, 15) is 0 Å². The van der Waals surface area contributed by atoms with E-state index in [1.807, 2.05) is 18.2 Å². The lowest BCUT2D eigenvalue weighted by atomic mass is 10.1. The molecule has 0 fully saturated rings. The molecule has 0 unspecified atom stereocenters. The van der Waals surface area contributed by atoms with Crippen molar-refractivity contribution in [3.63, 3.8) is 0 Å². The van der Waals surface area contributed by atoms with E-state index in [4.69, 9.17) is 15.0 Å². The minimum Gasteiger partial charge on any atom is -0.496 e. The van der Waals surface area contributed by atoms with Crippen LogP contribution in [0.2, 0.25) is 0 Å². The van der Waals surface area contributed by atoms with Crippen LogP contribution in [0.5, 0.6) is 5.75 Å². The molecule has 0 saturated heterocycles. The molecule has 0 aliphatic rings. The number of hydrogen-bond donors (Lipinski definition) is 1. The van der Waals surface area contributed by atoms with E-state index in [1.165, 1.54) is 5.56 Å². The Morgan fingerprint density at radius 2 is 2.18 bits per heavy atom. The minimum absolute atomic E-state index is 0.374. The normalized spacial score (nSPS) is 10.5. The highest BCUT2D eigenvalue weighted by atomic mass is 16.5. The van der Waals surface area contributed by atoms with Crippen LogP contribution in [0.1, 0.15) is 18.2 Å². The molecule has 0 amide bonds. The minimum atomic E-state index is 0.374. The zero-order valence-corrected chi connectivity index (χ0v) is 10.1. The molecule has 0 bridgehead atoms. The average molecular weight is 232 g/mol. The van der Waals surface area contributed by atoms with Gasteiger partial charge in [-0.3, -0.25) is 0 Å². The van der Waals surface area contributed by atoms with Gasteiger partial charge in [0.25, 0.3) is 0 Å². The van der Waals surface area contributed by atoms with E-state index < -0.39 is 0 Å². The first-order chi connectivity index (χ1) is 8.28. The summed E-state index contributed by atoms with van der Waals surface area (Å²) >= 11 is 0. The van der Waals surface area contributed by atoms with Gasteiger partial charge < -0.3 is 15.0 Å². The molecule has 1 heterocycles. The third-order valence-electron chi connectivity index (χ3n) is 2.71. The summed E-state index contributed by atoms with van der Waals surface area (Å²) in [5.74, 6) is 1.47. The van der Waals surface area contributed by atoms with E-state index in [-0.39, 0.29) is 0 Å². The first kappa shape index (κ1) is 11.7. The number of benzene rings is 1. The summed E-state index contributed by atoms with van der Waals surface area (Å²) in [5, 5.41) is 3.89. The first-order valence-corrected chi connectivity index (χ1v) is 5.61. The van der Waals surface area contributed by atoms with Crippen molar-refractivity contribution in [2.75, 3.05) is 7.11 Å². The quantitative estimate of drug-likeness (QED) is 0.879. The lowest BCUT2D eigenvalue weighted by Crippen LogP contribution is -1.95. The van der Waals surface area contributed by atoms with Gasteiger partial charge >= 0.3 is 0 Å². The number of aryl methyl sites for hydroxylation is 1. The summed E-state index contributed by atoms with van der Waals surface area (Å²) in [7, 11) is 1.64. The third-order valence-corrected chi connectivity index (χ3v) is 2.71. The molecule has 0 atom stereocenters. The fraction of sp³-hybridized carbons (Fsp3) is 0.308. The van der Waals surface area contributed by atoms with Crippen molar-refractivity contribution in [3.05, 3.63) is 35.5 Å². The second-order valence-corrected chi connectivity index (χ2v) is 3.77. The Balaban J connectivity index is 2.47. The molecule has 2 rings (SSSR count). The topological polar surface area (TPSA) is 61.3 Å². The van der Waals surface area contributed by atoms with E-state index in [2.05, 4.69) is 18.1 Å². The average Bonchev–Trinajstić information content (AvgIpc) is 2.86. The van der Waals surface area contributed by atoms with E-state index in [0.717, 1.165) is 23.4 Å². The van der Waals surface area contributed by atoms with Crippen molar-refractivity contribution in [1.82, 2.24) is 5.16 Å². The molecule has 17 heavy (non-hydrogen) atoms. The van der Waals surface area contributed by atoms with Gasteiger partial charge in [0, 0.05) is 12.6 Å². The largest absolute Gasteiger partial charge is 0.496 e. The highest BCUT2D eigenvalue weighted by Crippen LogP contribution is 2.31. The van der Waals surface area contributed by atoms with Crippen molar-refractivity contribution in [2.24, 2.45) is 5.73 Å². The Labute approximate surface area is 100 Å². The molecule has 2 aromatic rings. The summed E-state index contributed by atoms with van der Waals surface area (Å²) in [5.41, 5.74) is 8.40. The van der Waals surface area contributed by atoms with Gasteiger partial charge in [0.1, 0.15) is 5.75 Å². The van der Waals surface area contributed by atoms with Crippen LogP contribution in [0.3, 0.4) is 0 Å². The molecule has 0 radical (unpaired) electrons. The Morgan fingerprint density at radius 1 is 1.35 bits per heavy atom. The van der Waals surface area contributed by atoms with Crippen molar-refractivity contribution in [1.29, 1.82) is 0 Å². The SMILES string of the molecule is CCc1ccc(OC)c(-c2cc(CN)no2)c1. The van der Waals surface area contributed by atoms with Crippen molar-refractivity contribution in [3.8, 4) is 17.1 Å². The Morgan fingerprint density at radius 3 is 2.76 bits per heavy atom. The van der Waals surface area contributed by atoms with Gasteiger partial charge in [-0.25, -0.2) is 0 Å². The summed E-state index contributed by atoms with van der Waals surface area (Å²) in [6, 6.07) is 7.89. The maximum atomic E-state index is 5.51. The molecule has 0 spiro atoms. The zero-order chi connectivity index (χ0) is 12.3. The second-order valence-electron chi connectivity index (χ2n) is 3.77. The molecule has 1 aromatic heterocycles. The highest BCUT2D eigenvalue weighted by Gasteiger charge is 2.12. The van der Waals surface area contributed by atoms with Gasteiger partial charge in [-0.1, -0.05) is 18.1 Å². The lowest BCUT2D eigenvalue weighted by Gasteiger charge is -2.07. The van der Waals surface area contributed by atoms with Crippen LogP contribution in [0.4, 0.5) is 0 Å². The number of nitrogens with two attached hydrogens (primary N) is 1. The lowest BCUT2D eigenvalue weighted by molar-refractivity contribution is 0.403. The Bertz CT molecular complexity index is 506. The van der Waals surface area contributed by atoms with Gasteiger partial charge in [-0.15, -0.1) is 0 Å². The van der Waals surface area contributed by atoms with Gasteiger partial charge in [-0.2, -0.15) is 0 Å². The summed E-state index contributed by atoms with van der Waals surface area (Å²) < 4.78 is 10.6. The maximum absolute atomic E-state index is 5.51. The van der Waals surface area contributed by atoms with Gasteiger partial charge in [0.2, 0.25) is 0 Å². The second kappa shape index (κ2) is 5.01. The summed E-state index contributed by atoms with van der Waals surface area (Å²) in [4.78, 5) is 0. The van der Waals surface area contributed by atoms with Crippen LogP contribution in [0.15, 0.2) is 28.8 Å². The van der Waals surface area contributed by atoms with Crippen LogP contribution in [-0.4, -0.2) is 12.3 Å². The maximum Gasteiger partial charge on any atom is 0.170 e. The molecule has 1 aromatic carbocycles. The van der Waals surface area contributed by atoms with Gasteiger partial charge in [0.05, 0.1) is 18.4 Å². The summed E-state index contributed by atoms with van der Waals surface area (Å²) in [6.07, 6.45) is 0.967. The number of ether oxygens (including phenoxy) is 1. The van der Waals surface area contributed by atoms with E-state index >= 15 is 0 Å². The standard InChI is InChI=1S/C13H16N2O2/c1-3-9-4-5-12(16-2)11(6-9)13-7-10(8-14)15-17-13/h4-7H,3,8,14H2,1-2H3.